The molecule has 0 radical (unpaired) electrons. The van der Waals surface area contributed by atoms with Crippen LogP contribution in [-0.2, 0) is 0 Å². The summed E-state index contributed by atoms with van der Waals surface area (Å²) in [7, 11) is 0. The lowest BCUT2D eigenvalue weighted by atomic mass is 10.0. The van der Waals surface area contributed by atoms with Crippen LogP contribution in [-0.4, -0.2) is 17.3 Å². The molecule has 0 aromatic heterocycles. The van der Waals surface area contributed by atoms with Crippen LogP contribution in [0, 0.1) is 13.8 Å². The SMILES string of the molecule is Cc1cccc(NCCC(C)(C)O)c1C. The van der Waals surface area contributed by atoms with E-state index in [2.05, 4.69) is 37.4 Å². The molecule has 1 aromatic carbocycles. The van der Waals surface area contributed by atoms with Crippen molar-refractivity contribution >= 4 is 5.69 Å². The van der Waals surface area contributed by atoms with Crippen LogP contribution in [0.25, 0.3) is 0 Å². The third-order valence-corrected chi connectivity index (χ3v) is 2.66. The van der Waals surface area contributed by atoms with Gasteiger partial charge in [0.25, 0.3) is 0 Å². The molecule has 1 aromatic rings. The van der Waals surface area contributed by atoms with Gasteiger partial charge in [-0.15, -0.1) is 0 Å². The lowest BCUT2D eigenvalue weighted by Crippen LogP contribution is -2.22. The Morgan fingerprint density at radius 3 is 2.53 bits per heavy atom. The number of anilines is 1. The second-order valence-corrected chi connectivity index (χ2v) is 4.74. The normalized spacial score (nSPS) is 11.5. The first-order valence-corrected chi connectivity index (χ1v) is 5.42. The molecule has 0 heterocycles. The van der Waals surface area contributed by atoms with Gasteiger partial charge in [-0.25, -0.2) is 0 Å². The summed E-state index contributed by atoms with van der Waals surface area (Å²) in [5.74, 6) is 0. The number of hydrogen-bond donors (Lipinski definition) is 2. The van der Waals surface area contributed by atoms with Gasteiger partial charge in [0.1, 0.15) is 0 Å². The minimum atomic E-state index is -0.593. The predicted molar refractivity (Wildman–Crippen MR) is 65.3 cm³/mol. The smallest absolute Gasteiger partial charge is 0.0608 e. The quantitative estimate of drug-likeness (QED) is 0.795. The van der Waals surface area contributed by atoms with E-state index in [0.717, 1.165) is 13.0 Å². The summed E-state index contributed by atoms with van der Waals surface area (Å²) in [6.07, 6.45) is 0.750. The zero-order chi connectivity index (χ0) is 11.5. The monoisotopic (exact) mass is 207 g/mol. The summed E-state index contributed by atoms with van der Waals surface area (Å²) in [5.41, 5.74) is 3.15. The van der Waals surface area contributed by atoms with Crippen molar-refractivity contribution in [2.45, 2.75) is 39.7 Å². The molecule has 0 saturated heterocycles. The van der Waals surface area contributed by atoms with Gasteiger partial charge < -0.3 is 10.4 Å². The Morgan fingerprint density at radius 2 is 1.93 bits per heavy atom. The Hall–Kier alpha value is -1.02. The van der Waals surface area contributed by atoms with Gasteiger partial charge in [0.05, 0.1) is 5.60 Å². The minimum Gasteiger partial charge on any atom is -0.390 e. The zero-order valence-corrected chi connectivity index (χ0v) is 10.1. The lowest BCUT2D eigenvalue weighted by Gasteiger charge is -2.18. The van der Waals surface area contributed by atoms with Gasteiger partial charge in [-0.2, -0.15) is 0 Å². The van der Waals surface area contributed by atoms with Gasteiger partial charge in [-0.3, -0.25) is 0 Å². The summed E-state index contributed by atoms with van der Waals surface area (Å²) in [6.45, 7) is 8.68. The van der Waals surface area contributed by atoms with E-state index in [1.54, 1.807) is 0 Å². The first kappa shape index (κ1) is 12.1. The second kappa shape index (κ2) is 4.67. The highest BCUT2D eigenvalue weighted by molar-refractivity contribution is 5.53. The maximum absolute atomic E-state index is 9.58. The standard InChI is InChI=1S/C13H21NO/c1-10-6-5-7-12(11(10)2)14-9-8-13(3,4)15/h5-7,14-15H,8-9H2,1-4H3. The first-order valence-electron chi connectivity index (χ1n) is 5.42. The first-order chi connectivity index (χ1) is 6.90. The van der Waals surface area contributed by atoms with Crippen molar-refractivity contribution in [3.63, 3.8) is 0 Å². The molecule has 2 nitrogen and oxygen atoms in total. The molecule has 1 rings (SSSR count). The van der Waals surface area contributed by atoms with Gasteiger partial charge in [0, 0.05) is 12.2 Å². The molecule has 0 aliphatic rings. The fraction of sp³-hybridized carbons (Fsp3) is 0.538. The molecule has 0 aliphatic heterocycles. The molecule has 0 aliphatic carbocycles. The van der Waals surface area contributed by atoms with Crippen molar-refractivity contribution in [3.8, 4) is 0 Å². The average molecular weight is 207 g/mol. The molecule has 2 N–H and O–H groups in total. The van der Waals surface area contributed by atoms with Gasteiger partial charge in [-0.05, 0) is 51.3 Å². The number of aryl methyl sites for hydroxylation is 1. The van der Waals surface area contributed by atoms with Crippen molar-refractivity contribution in [2.24, 2.45) is 0 Å². The van der Waals surface area contributed by atoms with Crippen LogP contribution in [0.15, 0.2) is 18.2 Å². The molecule has 0 bridgehead atoms. The molecule has 0 fully saturated rings. The molecular weight excluding hydrogens is 186 g/mol. The summed E-state index contributed by atoms with van der Waals surface area (Å²) in [6, 6.07) is 6.23. The Labute approximate surface area is 92.3 Å². The van der Waals surface area contributed by atoms with Crippen molar-refractivity contribution in [1.29, 1.82) is 0 Å². The Kier molecular flexibility index (Phi) is 3.75. The summed E-state index contributed by atoms with van der Waals surface area (Å²) in [4.78, 5) is 0. The van der Waals surface area contributed by atoms with Crippen LogP contribution >= 0.6 is 0 Å². The number of hydrogen-bond acceptors (Lipinski definition) is 2. The van der Waals surface area contributed by atoms with Crippen LogP contribution in [0.4, 0.5) is 5.69 Å². The molecule has 0 amide bonds. The van der Waals surface area contributed by atoms with E-state index in [0.29, 0.717) is 0 Å². The van der Waals surface area contributed by atoms with E-state index in [9.17, 15) is 5.11 Å². The minimum absolute atomic E-state index is 0.593. The van der Waals surface area contributed by atoms with Crippen molar-refractivity contribution in [2.75, 3.05) is 11.9 Å². The molecule has 15 heavy (non-hydrogen) atoms. The zero-order valence-electron chi connectivity index (χ0n) is 10.1. The van der Waals surface area contributed by atoms with E-state index >= 15 is 0 Å². The lowest BCUT2D eigenvalue weighted by molar-refractivity contribution is 0.0749. The molecular formula is C13H21NO. The van der Waals surface area contributed by atoms with E-state index in [4.69, 9.17) is 0 Å². The number of benzene rings is 1. The highest BCUT2D eigenvalue weighted by Crippen LogP contribution is 2.18. The van der Waals surface area contributed by atoms with Crippen LogP contribution < -0.4 is 5.32 Å². The Balaban J connectivity index is 2.55. The highest BCUT2D eigenvalue weighted by Gasteiger charge is 2.11. The maximum Gasteiger partial charge on any atom is 0.0608 e. The fourth-order valence-corrected chi connectivity index (χ4v) is 1.45. The van der Waals surface area contributed by atoms with Gasteiger partial charge in [0.2, 0.25) is 0 Å². The molecule has 0 spiro atoms. The van der Waals surface area contributed by atoms with E-state index < -0.39 is 5.60 Å². The molecule has 0 saturated carbocycles. The topological polar surface area (TPSA) is 32.3 Å². The third kappa shape index (κ3) is 3.92. The average Bonchev–Trinajstić information content (AvgIpc) is 2.10. The third-order valence-electron chi connectivity index (χ3n) is 2.66. The van der Waals surface area contributed by atoms with Crippen LogP contribution in [0.5, 0.6) is 0 Å². The summed E-state index contributed by atoms with van der Waals surface area (Å²) < 4.78 is 0. The van der Waals surface area contributed by atoms with Crippen LogP contribution in [0.2, 0.25) is 0 Å². The second-order valence-electron chi connectivity index (χ2n) is 4.74. The van der Waals surface area contributed by atoms with Gasteiger partial charge in [-0.1, -0.05) is 12.1 Å². The fourth-order valence-electron chi connectivity index (χ4n) is 1.45. The van der Waals surface area contributed by atoms with Crippen LogP contribution in [0.3, 0.4) is 0 Å². The molecule has 84 valence electrons. The molecule has 0 atom stereocenters. The Bertz CT molecular complexity index is 326. The van der Waals surface area contributed by atoms with E-state index in [1.807, 2.05) is 13.8 Å². The Morgan fingerprint density at radius 1 is 1.27 bits per heavy atom. The van der Waals surface area contributed by atoms with Crippen molar-refractivity contribution < 1.29 is 5.11 Å². The predicted octanol–water partition coefficient (Wildman–Crippen LogP) is 2.88. The van der Waals surface area contributed by atoms with E-state index in [1.165, 1.54) is 16.8 Å². The van der Waals surface area contributed by atoms with Crippen LogP contribution in [0.1, 0.15) is 31.4 Å². The van der Waals surface area contributed by atoms with Gasteiger partial charge >= 0.3 is 0 Å². The highest BCUT2D eigenvalue weighted by atomic mass is 16.3. The van der Waals surface area contributed by atoms with Crippen molar-refractivity contribution in [3.05, 3.63) is 29.3 Å². The van der Waals surface area contributed by atoms with Crippen molar-refractivity contribution in [1.82, 2.24) is 0 Å². The summed E-state index contributed by atoms with van der Waals surface area (Å²) in [5, 5.41) is 12.9. The maximum atomic E-state index is 9.58. The summed E-state index contributed by atoms with van der Waals surface area (Å²) >= 11 is 0. The number of aliphatic hydroxyl groups is 1. The number of rotatable bonds is 4. The van der Waals surface area contributed by atoms with Gasteiger partial charge in [0.15, 0.2) is 0 Å². The van der Waals surface area contributed by atoms with E-state index in [-0.39, 0.29) is 0 Å². The molecule has 2 heteroatoms. The largest absolute Gasteiger partial charge is 0.390 e. The molecule has 0 unspecified atom stereocenters. The number of nitrogens with one attached hydrogen (secondary N) is 1.